The minimum Gasteiger partial charge on any atom is -0.392 e. The molecule has 1 saturated heterocycles. The molecule has 4 nitrogen and oxygen atoms in total. The summed E-state index contributed by atoms with van der Waals surface area (Å²) in [5, 5.41) is 9.18. The normalized spacial score (nSPS) is 24.2. The monoisotopic (exact) mass is 315 g/mol. The number of aliphatic hydroxyl groups excluding tert-OH is 1. The maximum atomic E-state index is 13.9. The number of nitrogens with zero attached hydrogens (tertiary/aromatic N) is 1. The summed E-state index contributed by atoms with van der Waals surface area (Å²) in [6, 6.07) is 2.36. The first-order valence-electron chi connectivity index (χ1n) is 7.22. The Balaban J connectivity index is 2.55. The van der Waals surface area contributed by atoms with Crippen molar-refractivity contribution >= 4 is 10.0 Å². The fourth-order valence-electron chi connectivity index (χ4n) is 3.05. The van der Waals surface area contributed by atoms with Crippen LogP contribution in [0.2, 0.25) is 0 Å². The van der Waals surface area contributed by atoms with Gasteiger partial charge in [0.15, 0.2) is 0 Å². The Hall–Kier alpha value is -0.980. The molecule has 0 saturated carbocycles. The molecule has 2 atom stereocenters. The molecule has 0 amide bonds. The fourth-order valence-corrected chi connectivity index (χ4v) is 5.22. The Kier molecular flexibility index (Phi) is 4.70. The van der Waals surface area contributed by atoms with Gasteiger partial charge in [-0.05, 0) is 51.3 Å². The summed E-state index contributed by atoms with van der Waals surface area (Å²) in [5.74, 6) is -0.600. The van der Waals surface area contributed by atoms with Gasteiger partial charge in [0.1, 0.15) is 5.82 Å². The summed E-state index contributed by atoms with van der Waals surface area (Å²) in [6.07, 6.45) is 2.62. The van der Waals surface area contributed by atoms with E-state index in [1.54, 1.807) is 0 Å². The van der Waals surface area contributed by atoms with Crippen molar-refractivity contribution in [2.45, 2.75) is 63.6 Å². The lowest BCUT2D eigenvalue weighted by molar-refractivity contribution is 0.204. The highest BCUT2D eigenvalue weighted by Gasteiger charge is 2.36. The first-order valence-corrected chi connectivity index (χ1v) is 8.66. The largest absolute Gasteiger partial charge is 0.392 e. The Morgan fingerprint density at radius 2 is 1.86 bits per heavy atom. The first-order chi connectivity index (χ1) is 9.78. The van der Waals surface area contributed by atoms with Crippen molar-refractivity contribution in [1.29, 1.82) is 0 Å². The zero-order chi connectivity index (χ0) is 15.8. The molecule has 21 heavy (non-hydrogen) atoms. The highest BCUT2D eigenvalue weighted by atomic mass is 32.2. The molecule has 2 unspecified atom stereocenters. The van der Waals surface area contributed by atoms with Crippen molar-refractivity contribution in [3.05, 3.63) is 29.1 Å². The van der Waals surface area contributed by atoms with Gasteiger partial charge in [-0.25, -0.2) is 12.8 Å². The molecule has 0 bridgehead atoms. The number of hydrogen-bond acceptors (Lipinski definition) is 3. The summed E-state index contributed by atoms with van der Waals surface area (Å²) in [7, 11) is -3.76. The topological polar surface area (TPSA) is 57.6 Å². The predicted octanol–water partition coefficient (Wildman–Crippen LogP) is 2.58. The summed E-state index contributed by atoms with van der Waals surface area (Å²) in [5.41, 5.74) is 0.381. The van der Waals surface area contributed by atoms with Gasteiger partial charge in [-0.3, -0.25) is 0 Å². The molecule has 0 aromatic heterocycles. The zero-order valence-electron chi connectivity index (χ0n) is 12.6. The van der Waals surface area contributed by atoms with Gasteiger partial charge in [0.2, 0.25) is 10.0 Å². The van der Waals surface area contributed by atoms with Crippen LogP contribution in [0, 0.1) is 12.7 Å². The van der Waals surface area contributed by atoms with E-state index in [1.807, 2.05) is 13.8 Å². The average molecular weight is 315 g/mol. The van der Waals surface area contributed by atoms with Crippen LogP contribution in [0.1, 0.15) is 44.2 Å². The number of piperidine rings is 1. The molecule has 118 valence electrons. The Bertz CT molecular complexity index is 620. The van der Waals surface area contributed by atoms with Gasteiger partial charge in [-0.1, -0.05) is 6.42 Å². The van der Waals surface area contributed by atoms with Crippen LogP contribution in [0.4, 0.5) is 4.39 Å². The van der Waals surface area contributed by atoms with Gasteiger partial charge in [0.25, 0.3) is 0 Å². The van der Waals surface area contributed by atoms with Gasteiger partial charge >= 0.3 is 0 Å². The third-order valence-corrected chi connectivity index (χ3v) is 6.46. The van der Waals surface area contributed by atoms with E-state index >= 15 is 0 Å². The molecule has 1 N–H and O–H groups in total. The quantitative estimate of drug-likeness (QED) is 0.932. The minimum absolute atomic E-state index is 0.0350. The van der Waals surface area contributed by atoms with Crippen LogP contribution in [0.15, 0.2) is 17.0 Å². The van der Waals surface area contributed by atoms with Gasteiger partial charge in [-0.2, -0.15) is 4.31 Å². The maximum Gasteiger partial charge on any atom is 0.243 e. The van der Waals surface area contributed by atoms with Crippen LogP contribution in [0.25, 0.3) is 0 Å². The van der Waals surface area contributed by atoms with E-state index in [1.165, 1.54) is 23.4 Å². The number of hydrogen-bond donors (Lipinski definition) is 1. The molecule has 1 fully saturated rings. The van der Waals surface area contributed by atoms with Crippen LogP contribution in [-0.4, -0.2) is 29.9 Å². The van der Waals surface area contributed by atoms with E-state index in [-0.39, 0.29) is 34.7 Å². The van der Waals surface area contributed by atoms with Crippen LogP contribution in [0.5, 0.6) is 0 Å². The summed E-state index contributed by atoms with van der Waals surface area (Å²) in [6.45, 7) is 4.84. The number of halogens is 1. The van der Waals surface area contributed by atoms with Crippen molar-refractivity contribution in [3.63, 3.8) is 0 Å². The van der Waals surface area contributed by atoms with Gasteiger partial charge < -0.3 is 5.11 Å². The van der Waals surface area contributed by atoms with Gasteiger partial charge in [0.05, 0.1) is 11.5 Å². The highest BCUT2D eigenvalue weighted by molar-refractivity contribution is 7.89. The van der Waals surface area contributed by atoms with E-state index in [2.05, 4.69) is 0 Å². The van der Waals surface area contributed by atoms with Crippen LogP contribution < -0.4 is 0 Å². The lowest BCUT2D eigenvalue weighted by atomic mass is 10.0. The molecule has 1 heterocycles. The second kappa shape index (κ2) is 6.02. The summed E-state index contributed by atoms with van der Waals surface area (Å²) in [4.78, 5) is -0.0350. The smallest absolute Gasteiger partial charge is 0.243 e. The Labute approximate surface area is 125 Å². The van der Waals surface area contributed by atoms with Crippen LogP contribution >= 0.6 is 0 Å². The van der Waals surface area contributed by atoms with Crippen LogP contribution in [0.3, 0.4) is 0 Å². The lowest BCUT2D eigenvalue weighted by Crippen LogP contribution is -2.47. The summed E-state index contributed by atoms with van der Waals surface area (Å²) >= 11 is 0. The minimum atomic E-state index is -3.76. The zero-order valence-corrected chi connectivity index (χ0v) is 13.5. The third kappa shape index (κ3) is 2.98. The van der Waals surface area contributed by atoms with Gasteiger partial charge in [0, 0.05) is 17.6 Å². The maximum absolute atomic E-state index is 13.9. The second-order valence-corrected chi connectivity index (χ2v) is 7.63. The van der Waals surface area contributed by atoms with E-state index in [0.29, 0.717) is 0 Å². The highest BCUT2D eigenvalue weighted by Crippen LogP contribution is 2.32. The molecule has 2 rings (SSSR count). The van der Waals surface area contributed by atoms with E-state index in [0.717, 1.165) is 19.3 Å². The molecule has 6 heteroatoms. The molecule has 1 aromatic carbocycles. The second-order valence-electron chi connectivity index (χ2n) is 5.82. The molecular formula is C15H22FNO3S. The average Bonchev–Trinajstić information content (AvgIpc) is 2.41. The number of sulfonamides is 1. The van der Waals surface area contributed by atoms with Gasteiger partial charge in [-0.15, -0.1) is 0 Å². The predicted molar refractivity (Wildman–Crippen MR) is 78.9 cm³/mol. The van der Waals surface area contributed by atoms with Crippen molar-refractivity contribution in [3.8, 4) is 0 Å². The molecular weight excluding hydrogens is 293 g/mol. The van der Waals surface area contributed by atoms with E-state index in [4.69, 9.17) is 0 Å². The van der Waals surface area contributed by atoms with Crippen molar-refractivity contribution in [1.82, 2.24) is 4.31 Å². The molecule has 1 aliphatic heterocycles. The standard InChI is InChI=1S/C15H22FNO3S/c1-10-5-4-6-11(2)17(10)21(19,20)15-8-13(9-18)7-14(16)12(15)3/h7-8,10-11,18H,4-6,9H2,1-3H3. The number of aliphatic hydroxyl groups is 1. The molecule has 1 aliphatic rings. The SMILES string of the molecule is Cc1c(F)cc(CO)cc1S(=O)(=O)N1C(C)CCCC1C. The number of benzene rings is 1. The summed E-state index contributed by atoms with van der Waals surface area (Å²) < 4.78 is 41.3. The molecule has 0 aliphatic carbocycles. The van der Waals surface area contributed by atoms with E-state index < -0.39 is 15.8 Å². The van der Waals surface area contributed by atoms with Crippen LogP contribution in [-0.2, 0) is 16.6 Å². The third-order valence-electron chi connectivity index (χ3n) is 4.21. The Morgan fingerprint density at radius 1 is 1.29 bits per heavy atom. The molecule has 0 radical (unpaired) electrons. The Morgan fingerprint density at radius 3 is 2.38 bits per heavy atom. The lowest BCUT2D eigenvalue weighted by Gasteiger charge is -2.38. The van der Waals surface area contributed by atoms with E-state index in [9.17, 15) is 17.9 Å². The molecule has 0 spiro atoms. The van der Waals surface area contributed by atoms with Crippen molar-refractivity contribution in [2.24, 2.45) is 0 Å². The molecule has 1 aromatic rings. The number of rotatable bonds is 3. The van der Waals surface area contributed by atoms with Crippen molar-refractivity contribution in [2.75, 3.05) is 0 Å². The fraction of sp³-hybridized carbons (Fsp3) is 0.600. The van der Waals surface area contributed by atoms with Crippen molar-refractivity contribution < 1.29 is 17.9 Å². The first kappa shape index (κ1) is 16.4.